The van der Waals surface area contributed by atoms with Crippen molar-refractivity contribution in [3.05, 3.63) is 29.6 Å². The second-order valence-corrected chi connectivity index (χ2v) is 6.10. The lowest BCUT2D eigenvalue weighted by Crippen LogP contribution is -2.53. The average molecular weight is 250 g/mol. The highest BCUT2D eigenvalue weighted by atomic mass is 19.1. The molecule has 18 heavy (non-hydrogen) atoms. The minimum Gasteiger partial charge on any atom is -0.487 e. The third kappa shape index (κ3) is 1.81. The van der Waals surface area contributed by atoms with Gasteiger partial charge in [0.2, 0.25) is 0 Å². The molecular weight excluding hydrogens is 231 g/mol. The van der Waals surface area contributed by atoms with Crippen molar-refractivity contribution in [1.82, 2.24) is 0 Å². The molecule has 1 spiro atoms. The maximum Gasteiger partial charge on any atom is 0.126 e. The van der Waals surface area contributed by atoms with Crippen LogP contribution in [0.4, 0.5) is 4.39 Å². The molecule has 0 unspecified atom stereocenters. The summed E-state index contributed by atoms with van der Waals surface area (Å²) in [6.45, 7) is 4.44. The summed E-state index contributed by atoms with van der Waals surface area (Å²) in [5, 5.41) is 10.2. The Bertz CT molecular complexity index is 464. The molecule has 0 amide bonds. The molecule has 1 aliphatic carbocycles. The Morgan fingerprint density at radius 3 is 2.72 bits per heavy atom. The van der Waals surface area contributed by atoms with Gasteiger partial charge in [0.1, 0.15) is 17.2 Å². The van der Waals surface area contributed by atoms with Gasteiger partial charge in [-0.3, -0.25) is 0 Å². The molecule has 1 aromatic rings. The van der Waals surface area contributed by atoms with Crippen molar-refractivity contribution >= 4 is 0 Å². The largest absolute Gasteiger partial charge is 0.487 e. The van der Waals surface area contributed by atoms with E-state index in [-0.39, 0.29) is 11.4 Å². The Morgan fingerprint density at radius 1 is 1.33 bits per heavy atom. The minimum absolute atomic E-state index is 0.209. The van der Waals surface area contributed by atoms with Crippen molar-refractivity contribution in [2.24, 2.45) is 11.8 Å². The number of aliphatic hydroxyl groups is 1. The number of hydrogen-bond acceptors (Lipinski definition) is 2. The molecule has 1 N–H and O–H groups in total. The van der Waals surface area contributed by atoms with Gasteiger partial charge in [-0.15, -0.1) is 0 Å². The van der Waals surface area contributed by atoms with Crippen LogP contribution in [0, 0.1) is 17.7 Å². The van der Waals surface area contributed by atoms with Gasteiger partial charge in [0.15, 0.2) is 0 Å². The Morgan fingerprint density at radius 2 is 2.06 bits per heavy atom. The van der Waals surface area contributed by atoms with Gasteiger partial charge in [-0.25, -0.2) is 4.39 Å². The Kier molecular flexibility index (Phi) is 2.63. The lowest BCUT2D eigenvalue weighted by atomic mass is 9.63. The van der Waals surface area contributed by atoms with E-state index < -0.39 is 6.10 Å². The molecule has 2 aliphatic rings. The highest BCUT2D eigenvalue weighted by molar-refractivity contribution is 5.39. The average Bonchev–Trinajstić information content (AvgIpc) is 2.26. The SMILES string of the molecule is CC(C)C1CC2(C1)C[C@H](O)c1cc(F)ccc1O2. The lowest BCUT2D eigenvalue weighted by Gasteiger charge is -2.52. The first-order valence-corrected chi connectivity index (χ1v) is 6.66. The Balaban J connectivity index is 1.83. The molecule has 0 saturated heterocycles. The summed E-state index contributed by atoms with van der Waals surface area (Å²) in [4.78, 5) is 0. The second kappa shape index (κ2) is 3.95. The van der Waals surface area contributed by atoms with Crippen LogP contribution in [-0.4, -0.2) is 10.7 Å². The van der Waals surface area contributed by atoms with Gasteiger partial charge in [-0.1, -0.05) is 13.8 Å². The van der Waals surface area contributed by atoms with E-state index in [2.05, 4.69) is 13.8 Å². The number of halogens is 1. The topological polar surface area (TPSA) is 29.5 Å². The first-order valence-electron chi connectivity index (χ1n) is 6.66. The summed E-state index contributed by atoms with van der Waals surface area (Å²) < 4.78 is 19.2. The summed E-state index contributed by atoms with van der Waals surface area (Å²) in [7, 11) is 0. The van der Waals surface area contributed by atoms with E-state index in [1.54, 1.807) is 6.07 Å². The predicted octanol–water partition coefficient (Wildman–Crippen LogP) is 3.45. The number of aliphatic hydroxyl groups excluding tert-OH is 1. The fourth-order valence-corrected chi connectivity index (χ4v) is 3.23. The smallest absolute Gasteiger partial charge is 0.126 e. The summed E-state index contributed by atoms with van der Waals surface area (Å²) in [5.74, 6) is 1.67. The molecule has 3 rings (SSSR count). The summed E-state index contributed by atoms with van der Waals surface area (Å²) in [6.07, 6.45) is 1.99. The van der Waals surface area contributed by atoms with E-state index in [4.69, 9.17) is 4.74 Å². The highest BCUT2D eigenvalue weighted by Crippen LogP contribution is 2.53. The predicted molar refractivity (Wildman–Crippen MR) is 66.9 cm³/mol. The van der Waals surface area contributed by atoms with E-state index in [9.17, 15) is 9.50 Å². The van der Waals surface area contributed by atoms with Crippen LogP contribution in [-0.2, 0) is 0 Å². The van der Waals surface area contributed by atoms with Crippen LogP contribution in [0.2, 0.25) is 0 Å². The Hall–Kier alpha value is -1.09. The zero-order valence-electron chi connectivity index (χ0n) is 10.8. The molecule has 1 atom stereocenters. The third-order valence-electron chi connectivity index (χ3n) is 4.43. The van der Waals surface area contributed by atoms with E-state index in [1.807, 2.05) is 0 Å². The van der Waals surface area contributed by atoms with E-state index in [0.29, 0.717) is 29.6 Å². The number of hydrogen-bond donors (Lipinski definition) is 1. The Labute approximate surface area is 107 Å². The van der Waals surface area contributed by atoms with Crippen LogP contribution in [0.5, 0.6) is 5.75 Å². The molecular formula is C15H19FO2. The molecule has 98 valence electrons. The van der Waals surface area contributed by atoms with Crippen LogP contribution in [0.1, 0.15) is 44.8 Å². The van der Waals surface area contributed by atoms with Gasteiger partial charge in [-0.2, -0.15) is 0 Å². The molecule has 0 radical (unpaired) electrons. The maximum absolute atomic E-state index is 13.2. The second-order valence-electron chi connectivity index (χ2n) is 6.10. The molecule has 1 heterocycles. The number of fused-ring (bicyclic) bond motifs is 1. The first kappa shape index (κ1) is 12.0. The van der Waals surface area contributed by atoms with Crippen LogP contribution in [0.25, 0.3) is 0 Å². The molecule has 1 fully saturated rings. The van der Waals surface area contributed by atoms with Crippen molar-refractivity contribution in [3.8, 4) is 5.75 Å². The zero-order chi connectivity index (χ0) is 12.9. The monoisotopic (exact) mass is 250 g/mol. The fourth-order valence-electron chi connectivity index (χ4n) is 3.23. The number of benzene rings is 1. The molecule has 1 aromatic carbocycles. The molecule has 2 nitrogen and oxygen atoms in total. The molecule has 1 aliphatic heterocycles. The van der Waals surface area contributed by atoms with Gasteiger partial charge in [0.25, 0.3) is 0 Å². The quantitative estimate of drug-likeness (QED) is 0.827. The van der Waals surface area contributed by atoms with Crippen LogP contribution in [0.3, 0.4) is 0 Å². The van der Waals surface area contributed by atoms with Crippen molar-refractivity contribution in [2.45, 2.75) is 44.8 Å². The van der Waals surface area contributed by atoms with Crippen molar-refractivity contribution in [1.29, 1.82) is 0 Å². The maximum atomic E-state index is 13.2. The van der Waals surface area contributed by atoms with Gasteiger partial charge < -0.3 is 9.84 Å². The van der Waals surface area contributed by atoms with Crippen LogP contribution < -0.4 is 4.74 Å². The first-order chi connectivity index (χ1) is 8.49. The molecule has 3 heteroatoms. The molecule has 0 aromatic heterocycles. The van der Waals surface area contributed by atoms with Crippen LogP contribution >= 0.6 is 0 Å². The van der Waals surface area contributed by atoms with Crippen molar-refractivity contribution in [2.75, 3.05) is 0 Å². The van der Waals surface area contributed by atoms with Gasteiger partial charge in [0, 0.05) is 12.0 Å². The van der Waals surface area contributed by atoms with Crippen molar-refractivity contribution in [3.63, 3.8) is 0 Å². The lowest BCUT2D eigenvalue weighted by molar-refractivity contribution is -0.108. The van der Waals surface area contributed by atoms with Gasteiger partial charge >= 0.3 is 0 Å². The standard InChI is InChI=1S/C15H19FO2/c1-9(2)10-6-15(7-10)8-13(17)12-5-11(16)3-4-14(12)18-15/h3-5,9-10,13,17H,6-8H2,1-2H3/t10?,13-,15?/m0/s1. The van der Waals surface area contributed by atoms with E-state index >= 15 is 0 Å². The number of ether oxygens (including phenoxy) is 1. The van der Waals surface area contributed by atoms with Crippen molar-refractivity contribution < 1.29 is 14.2 Å². The minimum atomic E-state index is -0.599. The van der Waals surface area contributed by atoms with Gasteiger partial charge in [0.05, 0.1) is 6.10 Å². The van der Waals surface area contributed by atoms with E-state index in [1.165, 1.54) is 12.1 Å². The molecule has 1 saturated carbocycles. The highest BCUT2D eigenvalue weighted by Gasteiger charge is 2.51. The molecule has 0 bridgehead atoms. The summed E-state index contributed by atoms with van der Waals surface area (Å²) in [6, 6.07) is 4.41. The summed E-state index contributed by atoms with van der Waals surface area (Å²) in [5.41, 5.74) is 0.382. The van der Waals surface area contributed by atoms with E-state index in [0.717, 1.165) is 12.8 Å². The fraction of sp³-hybridized carbons (Fsp3) is 0.600. The summed E-state index contributed by atoms with van der Waals surface area (Å²) >= 11 is 0. The van der Waals surface area contributed by atoms with Crippen LogP contribution in [0.15, 0.2) is 18.2 Å². The number of rotatable bonds is 1. The zero-order valence-corrected chi connectivity index (χ0v) is 10.8. The normalized spacial score (nSPS) is 34.1. The van der Waals surface area contributed by atoms with Gasteiger partial charge in [-0.05, 0) is 42.9 Å². The third-order valence-corrected chi connectivity index (χ3v) is 4.43.